The number of hydrogen-bond acceptors (Lipinski definition) is 5. The molecule has 1 aromatic heterocycles. The fourth-order valence-electron chi connectivity index (χ4n) is 1.84. The molecule has 0 fully saturated rings. The molecule has 0 aliphatic heterocycles. The van der Waals surface area contributed by atoms with Crippen molar-refractivity contribution < 1.29 is 22.8 Å². The van der Waals surface area contributed by atoms with Gasteiger partial charge in [-0.3, -0.25) is 9.59 Å². The summed E-state index contributed by atoms with van der Waals surface area (Å²) in [6.45, 7) is 1.53. The molecule has 0 radical (unpaired) electrons. The van der Waals surface area contributed by atoms with E-state index in [2.05, 4.69) is 15.5 Å². The van der Waals surface area contributed by atoms with E-state index in [-0.39, 0.29) is 5.16 Å². The first-order chi connectivity index (χ1) is 11.6. The van der Waals surface area contributed by atoms with Gasteiger partial charge < -0.3 is 15.6 Å². The van der Waals surface area contributed by atoms with Gasteiger partial charge in [-0.15, -0.1) is 10.2 Å². The van der Waals surface area contributed by atoms with Crippen LogP contribution in [0.5, 0.6) is 0 Å². The number of aromatic nitrogens is 3. The number of alkyl halides is 3. The van der Waals surface area contributed by atoms with Gasteiger partial charge in [0.25, 0.3) is 0 Å². The van der Waals surface area contributed by atoms with E-state index in [1.807, 2.05) is 0 Å². The lowest BCUT2D eigenvalue weighted by molar-refractivity contribution is -0.147. The van der Waals surface area contributed by atoms with Gasteiger partial charge in [-0.25, -0.2) is 0 Å². The quantitative estimate of drug-likeness (QED) is 0.781. The van der Waals surface area contributed by atoms with Crippen LogP contribution >= 0.6 is 11.8 Å². The molecule has 0 saturated carbocycles. The van der Waals surface area contributed by atoms with Crippen molar-refractivity contribution in [2.45, 2.75) is 23.5 Å². The highest BCUT2D eigenvalue weighted by Gasteiger charge is 2.37. The third kappa shape index (κ3) is 4.50. The molecule has 3 N–H and O–H groups in total. The minimum Gasteiger partial charge on any atom is -0.366 e. The van der Waals surface area contributed by atoms with Gasteiger partial charge in [0.1, 0.15) is 0 Å². The van der Waals surface area contributed by atoms with E-state index in [0.29, 0.717) is 11.3 Å². The molecule has 1 atom stereocenters. The van der Waals surface area contributed by atoms with Gasteiger partial charge in [-0.05, 0) is 31.2 Å². The van der Waals surface area contributed by atoms with E-state index in [0.717, 1.165) is 16.3 Å². The largest absolute Gasteiger partial charge is 0.451 e. The summed E-state index contributed by atoms with van der Waals surface area (Å²) < 4.78 is 38.9. The van der Waals surface area contributed by atoms with Crippen molar-refractivity contribution in [2.24, 2.45) is 12.8 Å². The second-order valence-corrected chi connectivity index (χ2v) is 6.36. The lowest BCUT2D eigenvalue weighted by atomic mass is 10.2. The topological polar surface area (TPSA) is 103 Å². The standard InChI is InChI=1S/C14H14F3N5O2S/c1-7(25-13-21-20-12(22(13)2)14(15,16)17)11(24)19-9-5-3-8(4-6-9)10(18)23/h3-7H,1-2H3,(H2,18,23)(H,19,24)/t7-/m1/s1. The zero-order valence-corrected chi connectivity index (χ0v) is 14.0. The van der Waals surface area contributed by atoms with Crippen molar-refractivity contribution in [3.63, 3.8) is 0 Å². The summed E-state index contributed by atoms with van der Waals surface area (Å²) in [5.41, 5.74) is 5.84. The Morgan fingerprint density at radius 3 is 2.32 bits per heavy atom. The predicted molar refractivity (Wildman–Crippen MR) is 84.9 cm³/mol. The zero-order chi connectivity index (χ0) is 18.8. The Morgan fingerprint density at radius 1 is 1.24 bits per heavy atom. The molecule has 0 saturated heterocycles. The fourth-order valence-corrected chi connectivity index (χ4v) is 2.65. The summed E-state index contributed by atoms with van der Waals surface area (Å²) in [7, 11) is 1.18. The number of nitrogens with two attached hydrogens (primary N) is 1. The molecule has 7 nitrogen and oxygen atoms in total. The lowest BCUT2D eigenvalue weighted by Gasteiger charge is -2.12. The molecule has 1 aromatic carbocycles. The number of rotatable bonds is 5. The van der Waals surface area contributed by atoms with E-state index in [9.17, 15) is 22.8 Å². The molecule has 0 aliphatic carbocycles. The first-order valence-corrected chi connectivity index (χ1v) is 7.81. The minimum atomic E-state index is -4.62. The van der Waals surface area contributed by atoms with Crippen LogP contribution in [-0.2, 0) is 18.0 Å². The summed E-state index contributed by atoms with van der Waals surface area (Å²) >= 11 is 0.846. The van der Waals surface area contributed by atoms with Crippen LogP contribution in [-0.4, -0.2) is 31.8 Å². The van der Waals surface area contributed by atoms with Gasteiger partial charge in [-0.2, -0.15) is 13.2 Å². The third-order valence-corrected chi connectivity index (χ3v) is 4.31. The van der Waals surface area contributed by atoms with E-state index in [4.69, 9.17) is 5.73 Å². The maximum absolute atomic E-state index is 12.7. The summed E-state index contributed by atoms with van der Waals surface area (Å²) in [4.78, 5) is 23.1. The highest BCUT2D eigenvalue weighted by atomic mass is 32.2. The van der Waals surface area contributed by atoms with Gasteiger partial charge in [0.2, 0.25) is 17.6 Å². The number of hydrogen-bond donors (Lipinski definition) is 2. The Labute approximate surface area is 144 Å². The lowest BCUT2D eigenvalue weighted by Crippen LogP contribution is -2.23. The highest BCUT2D eigenvalue weighted by Crippen LogP contribution is 2.31. The van der Waals surface area contributed by atoms with Crippen LogP contribution < -0.4 is 11.1 Å². The molecule has 0 spiro atoms. The Hall–Kier alpha value is -2.56. The number of benzene rings is 1. The first kappa shape index (κ1) is 18.8. The van der Waals surface area contributed by atoms with Gasteiger partial charge in [0.15, 0.2) is 5.16 Å². The molecule has 0 unspecified atom stereocenters. The van der Waals surface area contributed by atoms with Gasteiger partial charge in [-0.1, -0.05) is 11.8 Å². The van der Waals surface area contributed by atoms with Gasteiger partial charge >= 0.3 is 6.18 Å². The van der Waals surface area contributed by atoms with E-state index >= 15 is 0 Å². The zero-order valence-electron chi connectivity index (χ0n) is 13.2. The maximum Gasteiger partial charge on any atom is 0.451 e. The Morgan fingerprint density at radius 2 is 1.84 bits per heavy atom. The van der Waals surface area contributed by atoms with E-state index in [1.165, 1.54) is 38.2 Å². The van der Waals surface area contributed by atoms with Crippen LogP contribution in [0, 0.1) is 0 Å². The highest BCUT2D eigenvalue weighted by molar-refractivity contribution is 8.00. The molecule has 1 heterocycles. The number of halogens is 3. The number of amides is 2. The molecule has 0 bridgehead atoms. The molecular weight excluding hydrogens is 359 g/mol. The monoisotopic (exact) mass is 373 g/mol. The van der Waals surface area contributed by atoms with E-state index in [1.54, 1.807) is 0 Å². The molecule has 134 valence electrons. The number of carbonyl (C=O) groups excluding carboxylic acids is 2. The van der Waals surface area contributed by atoms with Crippen LogP contribution in [0.3, 0.4) is 0 Å². The molecule has 0 aliphatic rings. The minimum absolute atomic E-state index is 0.0287. The number of primary amides is 1. The van der Waals surface area contributed by atoms with Crippen molar-refractivity contribution in [3.05, 3.63) is 35.7 Å². The number of thioether (sulfide) groups is 1. The normalized spacial score (nSPS) is 12.7. The Kier molecular flexibility index (Phi) is 5.36. The molecule has 2 amide bonds. The van der Waals surface area contributed by atoms with Crippen molar-refractivity contribution in [1.29, 1.82) is 0 Å². The second kappa shape index (κ2) is 7.13. The smallest absolute Gasteiger partial charge is 0.366 e. The third-order valence-electron chi connectivity index (χ3n) is 3.18. The van der Waals surface area contributed by atoms with E-state index < -0.39 is 29.1 Å². The van der Waals surface area contributed by atoms with Crippen LogP contribution in [0.25, 0.3) is 0 Å². The van der Waals surface area contributed by atoms with Crippen LogP contribution in [0.4, 0.5) is 18.9 Å². The predicted octanol–water partition coefficient (Wildman–Crippen LogP) is 2.05. The van der Waals surface area contributed by atoms with Crippen LogP contribution in [0.2, 0.25) is 0 Å². The number of nitrogens with zero attached hydrogens (tertiary/aromatic N) is 3. The molecule has 2 aromatic rings. The fraction of sp³-hybridized carbons (Fsp3) is 0.286. The second-order valence-electron chi connectivity index (χ2n) is 5.05. The number of carbonyl (C=O) groups is 2. The summed E-state index contributed by atoms with van der Waals surface area (Å²) in [6, 6.07) is 5.90. The van der Waals surface area contributed by atoms with Gasteiger partial charge in [0.05, 0.1) is 5.25 Å². The molecule has 11 heteroatoms. The first-order valence-electron chi connectivity index (χ1n) is 6.93. The maximum atomic E-state index is 12.7. The molecule has 2 rings (SSSR count). The van der Waals surface area contributed by atoms with Crippen molar-refractivity contribution >= 4 is 29.3 Å². The average molecular weight is 373 g/mol. The summed E-state index contributed by atoms with van der Waals surface area (Å²) in [5, 5.41) is 8.41. The number of anilines is 1. The summed E-state index contributed by atoms with van der Waals surface area (Å²) in [6.07, 6.45) is -4.62. The Bertz CT molecular complexity index is 789. The Balaban J connectivity index is 2.03. The van der Waals surface area contributed by atoms with Crippen molar-refractivity contribution in [1.82, 2.24) is 14.8 Å². The molecular formula is C14H14F3N5O2S. The SMILES string of the molecule is C[C@@H](Sc1nnc(C(F)(F)F)n1C)C(=O)Nc1ccc(C(N)=O)cc1. The van der Waals surface area contributed by atoms with Crippen LogP contribution in [0.1, 0.15) is 23.1 Å². The number of nitrogens with one attached hydrogen (secondary N) is 1. The average Bonchev–Trinajstić information content (AvgIpc) is 2.88. The van der Waals surface area contributed by atoms with Crippen molar-refractivity contribution in [2.75, 3.05) is 5.32 Å². The van der Waals surface area contributed by atoms with Gasteiger partial charge in [0, 0.05) is 18.3 Å². The molecule has 25 heavy (non-hydrogen) atoms. The van der Waals surface area contributed by atoms with Crippen LogP contribution in [0.15, 0.2) is 29.4 Å². The van der Waals surface area contributed by atoms with Crippen molar-refractivity contribution in [3.8, 4) is 0 Å². The summed E-state index contributed by atoms with van der Waals surface area (Å²) in [5.74, 6) is -2.16.